The SMILES string of the molecule is Nc1ccc(Cl)c(C(=O)Nc2c(Cl)cc(Cl)cc2Cl)n1. The Balaban J connectivity index is 2.35. The molecular formula is C12H7Cl4N3O. The summed E-state index contributed by atoms with van der Waals surface area (Å²) in [6, 6.07) is 5.88. The maximum absolute atomic E-state index is 12.1. The van der Waals surface area contributed by atoms with Gasteiger partial charge in [0, 0.05) is 5.02 Å². The number of aromatic nitrogens is 1. The van der Waals surface area contributed by atoms with Gasteiger partial charge in [-0.3, -0.25) is 4.79 Å². The van der Waals surface area contributed by atoms with E-state index in [2.05, 4.69) is 10.3 Å². The Kier molecular flexibility index (Phi) is 4.60. The highest BCUT2D eigenvalue weighted by Crippen LogP contribution is 2.34. The number of benzene rings is 1. The van der Waals surface area contributed by atoms with Crippen LogP contribution < -0.4 is 11.1 Å². The van der Waals surface area contributed by atoms with E-state index in [0.717, 1.165) is 0 Å². The van der Waals surface area contributed by atoms with E-state index in [9.17, 15) is 4.79 Å². The molecule has 104 valence electrons. The number of pyridine rings is 1. The molecule has 0 fully saturated rings. The number of nitrogens with one attached hydrogen (secondary N) is 1. The first kappa shape index (κ1) is 15.2. The zero-order valence-corrected chi connectivity index (χ0v) is 12.8. The fraction of sp³-hybridized carbons (Fsp3) is 0. The number of rotatable bonds is 2. The highest BCUT2D eigenvalue weighted by atomic mass is 35.5. The van der Waals surface area contributed by atoms with Gasteiger partial charge in [0.05, 0.1) is 20.8 Å². The summed E-state index contributed by atoms with van der Waals surface area (Å²) in [6.07, 6.45) is 0. The molecule has 8 heteroatoms. The maximum atomic E-state index is 12.1. The quantitative estimate of drug-likeness (QED) is 0.835. The van der Waals surface area contributed by atoms with Gasteiger partial charge in [0.1, 0.15) is 11.5 Å². The molecule has 3 N–H and O–H groups in total. The third kappa shape index (κ3) is 3.27. The van der Waals surface area contributed by atoms with Gasteiger partial charge in [0.15, 0.2) is 0 Å². The number of nitrogens with zero attached hydrogens (tertiary/aromatic N) is 1. The molecule has 20 heavy (non-hydrogen) atoms. The predicted molar refractivity (Wildman–Crippen MR) is 83.1 cm³/mol. The topological polar surface area (TPSA) is 68.0 Å². The number of nitrogens with two attached hydrogens (primary N) is 1. The fourth-order valence-electron chi connectivity index (χ4n) is 1.45. The zero-order chi connectivity index (χ0) is 14.9. The lowest BCUT2D eigenvalue weighted by Gasteiger charge is -2.10. The summed E-state index contributed by atoms with van der Waals surface area (Å²) in [4.78, 5) is 16.0. The van der Waals surface area contributed by atoms with Crippen LogP contribution in [0.2, 0.25) is 20.1 Å². The Morgan fingerprint density at radius 2 is 1.65 bits per heavy atom. The van der Waals surface area contributed by atoms with Crippen molar-refractivity contribution >= 4 is 63.8 Å². The number of nitrogen functional groups attached to an aromatic ring is 1. The van der Waals surface area contributed by atoms with E-state index in [0.29, 0.717) is 5.02 Å². The third-order valence-electron chi connectivity index (χ3n) is 2.33. The minimum Gasteiger partial charge on any atom is -0.384 e. The summed E-state index contributed by atoms with van der Waals surface area (Å²) < 4.78 is 0. The highest BCUT2D eigenvalue weighted by Gasteiger charge is 2.16. The Morgan fingerprint density at radius 1 is 1.05 bits per heavy atom. The smallest absolute Gasteiger partial charge is 0.275 e. The molecule has 0 saturated carbocycles. The Labute approximate surface area is 134 Å². The van der Waals surface area contributed by atoms with Crippen molar-refractivity contribution in [2.45, 2.75) is 0 Å². The van der Waals surface area contributed by atoms with Gasteiger partial charge in [-0.05, 0) is 24.3 Å². The van der Waals surface area contributed by atoms with Crippen molar-refractivity contribution in [2.24, 2.45) is 0 Å². The largest absolute Gasteiger partial charge is 0.384 e. The number of carbonyl (C=O) groups is 1. The third-order valence-corrected chi connectivity index (χ3v) is 3.45. The lowest BCUT2D eigenvalue weighted by molar-refractivity contribution is 0.102. The molecule has 0 unspecified atom stereocenters. The molecule has 1 aromatic heterocycles. The van der Waals surface area contributed by atoms with Crippen LogP contribution in [0.15, 0.2) is 24.3 Å². The van der Waals surface area contributed by atoms with Crippen LogP contribution in [0.25, 0.3) is 0 Å². The second-order valence-electron chi connectivity index (χ2n) is 3.77. The van der Waals surface area contributed by atoms with Gasteiger partial charge in [0.25, 0.3) is 5.91 Å². The van der Waals surface area contributed by atoms with Crippen LogP contribution in [0.1, 0.15) is 10.5 Å². The molecule has 0 bridgehead atoms. The van der Waals surface area contributed by atoms with Crippen LogP contribution in [0.5, 0.6) is 0 Å². The zero-order valence-electron chi connectivity index (χ0n) is 9.75. The van der Waals surface area contributed by atoms with Gasteiger partial charge < -0.3 is 11.1 Å². The summed E-state index contributed by atoms with van der Waals surface area (Å²) in [5.74, 6) is -0.402. The van der Waals surface area contributed by atoms with Gasteiger partial charge in [-0.2, -0.15) is 0 Å². The molecule has 1 amide bonds. The van der Waals surface area contributed by atoms with Crippen LogP contribution in [0.3, 0.4) is 0 Å². The molecule has 0 aliphatic heterocycles. The van der Waals surface area contributed by atoms with E-state index in [-0.39, 0.29) is 32.3 Å². The van der Waals surface area contributed by atoms with Gasteiger partial charge in [-0.15, -0.1) is 0 Å². The molecule has 0 aliphatic carbocycles. The molecule has 0 radical (unpaired) electrons. The van der Waals surface area contributed by atoms with Gasteiger partial charge >= 0.3 is 0 Å². The first-order valence-corrected chi connectivity index (χ1v) is 6.77. The van der Waals surface area contributed by atoms with Crippen molar-refractivity contribution in [1.29, 1.82) is 0 Å². The maximum Gasteiger partial charge on any atom is 0.275 e. The van der Waals surface area contributed by atoms with E-state index >= 15 is 0 Å². The monoisotopic (exact) mass is 349 g/mol. The van der Waals surface area contributed by atoms with E-state index in [1.54, 1.807) is 0 Å². The fourth-order valence-corrected chi connectivity index (χ4v) is 2.55. The summed E-state index contributed by atoms with van der Waals surface area (Å²) in [7, 11) is 0. The standard InChI is InChI=1S/C12H7Cl4N3O/c13-5-3-7(15)10(8(16)4-5)19-12(20)11-6(14)1-2-9(17)18-11/h1-4H,(H2,17,18)(H,19,20). The summed E-state index contributed by atoms with van der Waals surface area (Å²) >= 11 is 23.6. The van der Waals surface area contributed by atoms with E-state index in [1.165, 1.54) is 24.3 Å². The van der Waals surface area contributed by atoms with Crippen molar-refractivity contribution in [3.8, 4) is 0 Å². The molecule has 0 aliphatic rings. The average Bonchev–Trinajstić information content (AvgIpc) is 2.36. The normalized spacial score (nSPS) is 10.4. The molecule has 1 aromatic carbocycles. The minimum absolute atomic E-state index is 0.0197. The lowest BCUT2D eigenvalue weighted by Crippen LogP contribution is -2.15. The first-order valence-electron chi connectivity index (χ1n) is 5.26. The Bertz CT molecular complexity index is 667. The summed E-state index contributed by atoms with van der Waals surface area (Å²) in [5.41, 5.74) is 5.72. The molecule has 0 spiro atoms. The number of amides is 1. The summed E-state index contributed by atoms with van der Waals surface area (Å²) in [6.45, 7) is 0. The second kappa shape index (κ2) is 6.06. The molecule has 1 heterocycles. The molecule has 0 saturated heterocycles. The summed E-state index contributed by atoms with van der Waals surface area (Å²) in [5, 5.41) is 3.46. The van der Waals surface area contributed by atoms with Crippen molar-refractivity contribution in [3.63, 3.8) is 0 Å². The molecule has 2 aromatic rings. The van der Waals surface area contributed by atoms with Gasteiger partial charge in [-0.1, -0.05) is 46.4 Å². The van der Waals surface area contributed by atoms with E-state index < -0.39 is 5.91 Å². The van der Waals surface area contributed by atoms with E-state index in [1.807, 2.05) is 0 Å². The number of hydrogen-bond donors (Lipinski definition) is 2. The Morgan fingerprint density at radius 3 is 2.25 bits per heavy atom. The number of carbonyl (C=O) groups excluding carboxylic acids is 1. The number of halogens is 4. The number of hydrogen-bond acceptors (Lipinski definition) is 3. The van der Waals surface area contributed by atoms with Crippen LogP contribution in [-0.2, 0) is 0 Å². The lowest BCUT2D eigenvalue weighted by atomic mass is 10.3. The van der Waals surface area contributed by atoms with Crippen molar-refractivity contribution in [2.75, 3.05) is 11.1 Å². The van der Waals surface area contributed by atoms with Crippen LogP contribution >= 0.6 is 46.4 Å². The Hall–Kier alpha value is -1.20. The first-order chi connectivity index (χ1) is 9.38. The highest BCUT2D eigenvalue weighted by molar-refractivity contribution is 6.42. The molecule has 2 rings (SSSR count). The van der Waals surface area contributed by atoms with Crippen LogP contribution in [0, 0.1) is 0 Å². The van der Waals surface area contributed by atoms with Crippen LogP contribution in [0.4, 0.5) is 11.5 Å². The molecular weight excluding hydrogens is 344 g/mol. The molecule has 0 atom stereocenters. The van der Waals surface area contributed by atoms with Crippen molar-refractivity contribution < 1.29 is 4.79 Å². The number of anilines is 2. The van der Waals surface area contributed by atoms with Crippen LogP contribution in [-0.4, -0.2) is 10.9 Å². The minimum atomic E-state index is -0.576. The molecule has 4 nitrogen and oxygen atoms in total. The van der Waals surface area contributed by atoms with Gasteiger partial charge in [0.2, 0.25) is 0 Å². The predicted octanol–water partition coefficient (Wildman–Crippen LogP) is 4.53. The van der Waals surface area contributed by atoms with E-state index in [4.69, 9.17) is 52.1 Å². The van der Waals surface area contributed by atoms with Crippen molar-refractivity contribution in [1.82, 2.24) is 4.98 Å². The average molecular weight is 351 g/mol. The van der Waals surface area contributed by atoms with Crippen molar-refractivity contribution in [3.05, 3.63) is 50.0 Å². The second-order valence-corrected chi connectivity index (χ2v) is 5.42. The van der Waals surface area contributed by atoms with Gasteiger partial charge in [-0.25, -0.2) is 4.98 Å².